The summed E-state index contributed by atoms with van der Waals surface area (Å²) in [5.74, 6) is -1.07. The minimum absolute atomic E-state index is 0.0705. The van der Waals surface area contributed by atoms with Crippen molar-refractivity contribution in [3.63, 3.8) is 0 Å². The Morgan fingerprint density at radius 2 is 2.17 bits per heavy atom. The van der Waals surface area contributed by atoms with Crippen LogP contribution in [0.4, 0.5) is 5.69 Å². The number of carbonyl (C=O) groups excluding carboxylic acids is 2. The van der Waals surface area contributed by atoms with Crippen molar-refractivity contribution in [3.8, 4) is 0 Å². The number of nitro benzene ring substituents is 1. The standard InChI is InChI=1S/C10H11N3O5/c1-11-9(14)6-18-12-10(15)7-3-2-4-8(5-7)13(16)17/h2-5H,6H2,1H3,(H,11,14)(H,12,15). The Bertz CT molecular complexity index is 474. The quantitative estimate of drug-likeness (QED) is 0.567. The van der Waals surface area contributed by atoms with E-state index in [9.17, 15) is 19.7 Å². The van der Waals surface area contributed by atoms with Gasteiger partial charge in [0.15, 0.2) is 6.61 Å². The summed E-state index contributed by atoms with van der Waals surface area (Å²) >= 11 is 0. The zero-order valence-electron chi connectivity index (χ0n) is 9.50. The molecular weight excluding hydrogens is 242 g/mol. The Morgan fingerprint density at radius 3 is 2.78 bits per heavy atom. The number of amides is 2. The second-order valence-electron chi connectivity index (χ2n) is 3.20. The van der Waals surface area contributed by atoms with Crippen LogP contribution in [-0.4, -0.2) is 30.4 Å². The van der Waals surface area contributed by atoms with Crippen LogP contribution in [0.1, 0.15) is 10.4 Å². The fourth-order valence-electron chi connectivity index (χ4n) is 1.06. The number of carbonyl (C=O) groups is 2. The lowest BCUT2D eigenvalue weighted by Crippen LogP contribution is -2.31. The molecule has 0 aliphatic carbocycles. The molecule has 0 atom stereocenters. The van der Waals surface area contributed by atoms with Crippen LogP contribution in [0.2, 0.25) is 0 Å². The summed E-state index contributed by atoms with van der Waals surface area (Å²) < 4.78 is 0. The minimum atomic E-state index is -0.664. The van der Waals surface area contributed by atoms with E-state index in [0.717, 1.165) is 6.07 Å². The number of nitrogens with one attached hydrogen (secondary N) is 2. The van der Waals surface area contributed by atoms with E-state index < -0.39 is 16.7 Å². The van der Waals surface area contributed by atoms with Gasteiger partial charge in [-0.1, -0.05) is 6.07 Å². The third-order valence-electron chi connectivity index (χ3n) is 1.97. The van der Waals surface area contributed by atoms with Gasteiger partial charge >= 0.3 is 0 Å². The van der Waals surface area contributed by atoms with Gasteiger partial charge in [-0.05, 0) is 6.07 Å². The number of likely N-dealkylation sites (N-methyl/N-ethyl adjacent to an activating group) is 1. The molecule has 0 fully saturated rings. The van der Waals surface area contributed by atoms with Crippen molar-refractivity contribution in [1.29, 1.82) is 0 Å². The molecule has 0 heterocycles. The summed E-state index contributed by atoms with van der Waals surface area (Å²) in [7, 11) is 1.42. The van der Waals surface area contributed by atoms with Crippen molar-refractivity contribution in [3.05, 3.63) is 39.9 Å². The zero-order chi connectivity index (χ0) is 13.5. The molecule has 0 aliphatic heterocycles. The summed E-state index contributed by atoms with van der Waals surface area (Å²) in [5, 5.41) is 12.8. The van der Waals surface area contributed by atoms with E-state index in [4.69, 9.17) is 0 Å². The molecule has 18 heavy (non-hydrogen) atoms. The topological polar surface area (TPSA) is 111 Å². The number of hydrogen-bond acceptors (Lipinski definition) is 5. The summed E-state index contributed by atoms with van der Waals surface area (Å²) in [6, 6.07) is 5.15. The van der Waals surface area contributed by atoms with Gasteiger partial charge in [0.25, 0.3) is 11.6 Å². The Hall–Kier alpha value is -2.48. The Kier molecular flexibility index (Phi) is 4.76. The number of nitro groups is 1. The maximum Gasteiger partial charge on any atom is 0.275 e. The lowest BCUT2D eigenvalue weighted by atomic mass is 10.2. The van der Waals surface area contributed by atoms with Crippen LogP contribution in [0.3, 0.4) is 0 Å². The molecule has 0 unspecified atom stereocenters. The summed E-state index contributed by atoms with van der Waals surface area (Å²) in [4.78, 5) is 36.8. The Labute approximate surface area is 102 Å². The zero-order valence-corrected chi connectivity index (χ0v) is 9.50. The predicted molar refractivity (Wildman–Crippen MR) is 60.6 cm³/mol. The fourth-order valence-corrected chi connectivity index (χ4v) is 1.06. The molecule has 8 heteroatoms. The molecule has 0 spiro atoms. The average Bonchev–Trinajstić information content (AvgIpc) is 2.38. The lowest BCUT2D eigenvalue weighted by Gasteiger charge is -2.04. The van der Waals surface area contributed by atoms with Gasteiger partial charge in [-0.2, -0.15) is 0 Å². The molecule has 96 valence electrons. The van der Waals surface area contributed by atoms with Gasteiger partial charge in [0.05, 0.1) is 4.92 Å². The number of hydroxylamine groups is 1. The minimum Gasteiger partial charge on any atom is -0.357 e. The molecule has 0 aliphatic rings. The first-order chi connectivity index (χ1) is 8.54. The van der Waals surface area contributed by atoms with E-state index >= 15 is 0 Å². The first kappa shape index (κ1) is 13.6. The summed E-state index contributed by atoms with van der Waals surface area (Å²) in [6.45, 7) is -0.336. The van der Waals surface area contributed by atoms with Crippen molar-refractivity contribution < 1.29 is 19.3 Å². The largest absolute Gasteiger partial charge is 0.357 e. The van der Waals surface area contributed by atoms with Crippen LogP contribution in [0.25, 0.3) is 0 Å². The van der Waals surface area contributed by atoms with E-state index in [1.54, 1.807) is 0 Å². The lowest BCUT2D eigenvalue weighted by molar-refractivity contribution is -0.384. The molecule has 0 saturated heterocycles. The monoisotopic (exact) mass is 253 g/mol. The molecule has 1 aromatic carbocycles. The molecule has 0 bridgehead atoms. The number of benzene rings is 1. The van der Waals surface area contributed by atoms with Crippen molar-refractivity contribution in [2.24, 2.45) is 0 Å². The first-order valence-corrected chi connectivity index (χ1v) is 4.91. The second-order valence-corrected chi connectivity index (χ2v) is 3.20. The highest BCUT2D eigenvalue weighted by Crippen LogP contribution is 2.12. The molecule has 1 aromatic rings. The van der Waals surface area contributed by atoms with Crippen molar-refractivity contribution in [1.82, 2.24) is 10.8 Å². The number of nitrogens with zero attached hydrogens (tertiary/aromatic N) is 1. The van der Waals surface area contributed by atoms with Gasteiger partial charge in [-0.3, -0.25) is 24.5 Å². The predicted octanol–water partition coefficient (Wildman–Crippen LogP) is 0.00220. The third kappa shape index (κ3) is 3.83. The van der Waals surface area contributed by atoms with Crippen molar-refractivity contribution >= 4 is 17.5 Å². The van der Waals surface area contributed by atoms with Crippen LogP contribution in [0, 0.1) is 10.1 Å². The summed E-state index contributed by atoms with van der Waals surface area (Å²) in [5.41, 5.74) is 1.88. The third-order valence-corrected chi connectivity index (χ3v) is 1.97. The molecule has 0 aromatic heterocycles. The van der Waals surface area contributed by atoms with Crippen LogP contribution < -0.4 is 10.8 Å². The van der Waals surface area contributed by atoms with Gasteiger partial charge < -0.3 is 5.32 Å². The van der Waals surface area contributed by atoms with E-state index in [1.165, 1.54) is 25.2 Å². The maximum absolute atomic E-state index is 11.5. The highest BCUT2D eigenvalue weighted by Gasteiger charge is 2.11. The highest BCUT2D eigenvalue weighted by molar-refractivity contribution is 5.94. The number of non-ortho nitro benzene ring substituents is 1. The van der Waals surface area contributed by atoms with E-state index in [2.05, 4.69) is 10.2 Å². The van der Waals surface area contributed by atoms with Gasteiger partial charge in [-0.25, -0.2) is 5.48 Å². The molecular formula is C10H11N3O5. The van der Waals surface area contributed by atoms with Crippen LogP contribution in [0.15, 0.2) is 24.3 Å². The first-order valence-electron chi connectivity index (χ1n) is 4.91. The van der Waals surface area contributed by atoms with E-state index in [-0.39, 0.29) is 17.9 Å². The fraction of sp³-hybridized carbons (Fsp3) is 0.200. The molecule has 1 rings (SSSR count). The SMILES string of the molecule is CNC(=O)CONC(=O)c1cccc([N+](=O)[O-])c1. The van der Waals surface area contributed by atoms with Crippen LogP contribution in [-0.2, 0) is 9.63 Å². The van der Waals surface area contributed by atoms with Crippen LogP contribution in [0.5, 0.6) is 0 Å². The number of rotatable bonds is 5. The van der Waals surface area contributed by atoms with Crippen molar-refractivity contribution in [2.75, 3.05) is 13.7 Å². The van der Waals surface area contributed by atoms with Gasteiger partial charge in [0, 0.05) is 24.7 Å². The van der Waals surface area contributed by atoms with Crippen molar-refractivity contribution in [2.45, 2.75) is 0 Å². The van der Waals surface area contributed by atoms with Gasteiger partial charge in [-0.15, -0.1) is 0 Å². The molecule has 0 radical (unpaired) electrons. The Balaban J connectivity index is 2.59. The van der Waals surface area contributed by atoms with E-state index in [0.29, 0.717) is 0 Å². The molecule has 2 N–H and O–H groups in total. The highest BCUT2D eigenvalue weighted by atomic mass is 16.7. The van der Waals surface area contributed by atoms with Gasteiger partial charge in [0.1, 0.15) is 0 Å². The summed E-state index contributed by atoms with van der Waals surface area (Å²) in [6.07, 6.45) is 0. The normalized spacial score (nSPS) is 9.61. The second kappa shape index (κ2) is 6.30. The van der Waals surface area contributed by atoms with Crippen LogP contribution >= 0.6 is 0 Å². The maximum atomic E-state index is 11.5. The molecule has 2 amide bonds. The number of hydrogen-bond donors (Lipinski definition) is 2. The smallest absolute Gasteiger partial charge is 0.275 e. The molecule has 0 saturated carbocycles. The van der Waals surface area contributed by atoms with Gasteiger partial charge in [0.2, 0.25) is 5.91 Å². The average molecular weight is 253 g/mol. The molecule has 8 nitrogen and oxygen atoms in total. The van der Waals surface area contributed by atoms with E-state index in [1.807, 2.05) is 5.48 Å². The Morgan fingerprint density at radius 1 is 1.44 bits per heavy atom.